The molecule has 0 fully saturated rings. The molecule has 0 radical (unpaired) electrons. The lowest BCUT2D eigenvalue weighted by molar-refractivity contribution is -0.120. The molecular weight excluding hydrogens is 385 g/mol. The molecule has 2 aromatic carbocycles. The SMILES string of the molecule is O=C(CC1Sc2cc(C(=O)O)ccc2NC1=O)Nc1cc(F)c(F)c(F)c1. The number of anilines is 2. The molecule has 0 bridgehead atoms. The zero-order chi connectivity index (χ0) is 19.7. The maximum absolute atomic E-state index is 13.2. The van der Waals surface area contributed by atoms with Crippen molar-refractivity contribution >= 4 is 40.9 Å². The third kappa shape index (κ3) is 4.05. The van der Waals surface area contributed by atoms with Crippen LogP contribution >= 0.6 is 11.8 Å². The van der Waals surface area contributed by atoms with Gasteiger partial charge in [-0.05, 0) is 18.2 Å². The van der Waals surface area contributed by atoms with Crippen molar-refractivity contribution in [2.45, 2.75) is 16.6 Å². The number of rotatable bonds is 4. The van der Waals surface area contributed by atoms with E-state index in [1.54, 1.807) is 0 Å². The Balaban J connectivity index is 1.72. The quantitative estimate of drug-likeness (QED) is 0.690. The number of nitrogens with one attached hydrogen (secondary N) is 2. The van der Waals surface area contributed by atoms with Crippen LogP contribution in [-0.4, -0.2) is 28.1 Å². The van der Waals surface area contributed by atoms with Gasteiger partial charge in [0.2, 0.25) is 11.8 Å². The number of carbonyl (C=O) groups excluding carboxylic acids is 2. The molecule has 0 spiro atoms. The molecular formula is C17H11F3N2O4S. The number of carboxylic acid groups (broad SMARTS) is 1. The molecule has 1 atom stereocenters. The first-order valence-corrected chi connectivity index (χ1v) is 8.42. The first-order valence-electron chi connectivity index (χ1n) is 7.54. The molecule has 6 nitrogen and oxygen atoms in total. The van der Waals surface area contributed by atoms with Crippen molar-refractivity contribution in [1.29, 1.82) is 0 Å². The molecule has 1 unspecified atom stereocenters. The third-order valence-electron chi connectivity index (χ3n) is 3.69. The molecule has 1 aliphatic heterocycles. The highest BCUT2D eigenvalue weighted by atomic mass is 32.2. The van der Waals surface area contributed by atoms with Gasteiger partial charge in [0.25, 0.3) is 0 Å². The van der Waals surface area contributed by atoms with E-state index in [-0.39, 0.29) is 17.7 Å². The summed E-state index contributed by atoms with van der Waals surface area (Å²) in [6, 6.07) is 5.41. The molecule has 3 rings (SSSR count). The number of fused-ring (bicyclic) bond motifs is 1. The Morgan fingerprint density at radius 3 is 2.44 bits per heavy atom. The minimum Gasteiger partial charge on any atom is -0.478 e. The number of carbonyl (C=O) groups is 3. The standard InChI is InChI=1S/C17H11F3N2O4S/c18-9-4-8(5-10(19)15(9)20)21-14(23)6-13-16(24)22-11-2-1-7(17(25)26)3-12(11)27-13/h1-5,13H,6H2,(H,21,23)(H,22,24)(H,25,26). The van der Waals surface area contributed by atoms with Gasteiger partial charge in [0.15, 0.2) is 17.5 Å². The van der Waals surface area contributed by atoms with Gasteiger partial charge in [-0.25, -0.2) is 18.0 Å². The second-order valence-electron chi connectivity index (χ2n) is 5.62. The summed E-state index contributed by atoms with van der Waals surface area (Å²) in [6.45, 7) is 0. The van der Waals surface area contributed by atoms with E-state index in [2.05, 4.69) is 10.6 Å². The molecule has 3 N–H and O–H groups in total. The second kappa shape index (κ2) is 7.31. The number of amides is 2. The van der Waals surface area contributed by atoms with E-state index in [0.717, 1.165) is 11.8 Å². The van der Waals surface area contributed by atoms with Crippen LogP contribution in [0.4, 0.5) is 24.5 Å². The van der Waals surface area contributed by atoms with Crippen LogP contribution in [0.1, 0.15) is 16.8 Å². The number of aromatic carboxylic acids is 1. The monoisotopic (exact) mass is 396 g/mol. The highest BCUT2D eigenvalue weighted by Crippen LogP contribution is 2.37. The van der Waals surface area contributed by atoms with E-state index in [9.17, 15) is 27.6 Å². The number of hydrogen-bond acceptors (Lipinski definition) is 4. The minimum absolute atomic E-state index is 0.0258. The number of carboxylic acids is 1. The van der Waals surface area contributed by atoms with Gasteiger partial charge >= 0.3 is 5.97 Å². The van der Waals surface area contributed by atoms with Crippen molar-refractivity contribution in [1.82, 2.24) is 0 Å². The Morgan fingerprint density at radius 1 is 1.15 bits per heavy atom. The van der Waals surface area contributed by atoms with Gasteiger partial charge in [0.05, 0.1) is 16.5 Å². The lowest BCUT2D eigenvalue weighted by atomic mass is 10.2. The lowest BCUT2D eigenvalue weighted by Gasteiger charge is -2.24. The Morgan fingerprint density at radius 2 is 1.81 bits per heavy atom. The number of halogens is 3. The van der Waals surface area contributed by atoms with E-state index in [0.29, 0.717) is 22.7 Å². The van der Waals surface area contributed by atoms with Gasteiger partial charge in [-0.15, -0.1) is 11.8 Å². The van der Waals surface area contributed by atoms with Crippen LogP contribution in [0, 0.1) is 17.5 Å². The van der Waals surface area contributed by atoms with Crippen molar-refractivity contribution in [3.05, 3.63) is 53.3 Å². The lowest BCUT2D eigenvalue weighted by Crippen LogP contribution is -2.32. The molecule has 1 heterocycles. The van der Waals surface area contributed by atoms with Crippen LogP contribution in [0.2, 0.25) is 0 Å². The molecule has 27 heavy (non-hydrogen) atoms. The molecule has 2 aromatic rings. The Kier molecular flexibility index (Phi) is 5.08. The first-order chi connectivity index (χ1) is 12.7. The highest BCUT2D eigenvalue weighted by molar-refractivity contribution is 8.01. The molecule has 0 aliphatic carbocycles. The van der Waals surface area contributed by atoms with Crippen molar-refractivity contribution in [3.63, 3.8) is 0 Å². The predicted molar refractivity (Wildman–Crippen MR) is 91.2 cm³/mol. The topological polar surface area (TPSA) is 95.5 Å². The second-order valence-corrected chi connectivity index (χ2v) is 6.86. The third-order valence-corrected chi connectivity index (χ3v) is 4.94. The number of benzene rings is 2. The Hall–Kier alpha value is -3.01. The largest absolute Gasteiger partial charge is 0.478 e. The minimum atomic E-state index is -1.65. The molecule has 0 saturated carbocycles. The fraction of sp³-hybridized carbons (Fsp3) is 0.118. The molecule has 0 saturated heterocycles. The van der Waals surface area contributed by atoms with E-state index in [1.807, 2.05) is 0 Å². The molecule has 140 valence electrons. The van der Waals surface area contributed by atoms with E-state index < -0.39 is 40.5 Å². The van der Waals surface area contributed by atoms with Gasteiger partial charge in [-0.3, -0.25) is 9.59 Å². The fourth-order valence-corrected chi connectivity index (χ4v) is 3.57. The maximum Gasteiger partial charge on any atom is 0.335 e. The zero-order valence-corrected chi connectivity index (χ0v) is 14.2. The summed E-state index contributed by atoms with van der Waals surface area (Å²) in [5.74, 6) is -6.88. The van der Waals surface area contributed by atoms with Crippen LogP contribution in [0.3, 0.4) is 0 Å². The van der Waals surface area contributed by atoms with E-state index in [4.69, 9.17) is 5.11 Å². The summed E-state index contributed by atoms with van der Waals surface area (Å²) in [5.41, 5.74) is 0.165. The van der Waals surface area contributed by atoms with Gasteiger partial charge in [-0.2, -0.15) is 0 Å². The summed E-state index contributed by atoms with van der Waals surface area (Å²) in [4.78, 5) is 35.7. The number of hydrogen-bond donors (Lipinski definition) is 3. The summed E-state index contributed by atoms with van der Waals surface area (Å²) >= 11 is 1.000. The Labute approximate surface area is 154 Å². The zero-order valence-electron chi connectivity index (χ0n) is 13.4. The van der Waals surface area contributed by atoms with Gasteiger partial charge in [0.1, 0.15) is 0 Å². The molecule has 10 heteroatoms. The normalized spacial score (nSPS) is 15.7. The van der Waals surface area contributed by atoms with Crippen molar-refractivity contribution in [2.24, 2.45) is 0 Å². The van der Waals surface area contributed by atoms with Crippen LogP contribution < -0.4 is 10.6 Å². The fourth-order valence-electron chi connectivity index (χ4n) is 2.42. The summed E-state index contributed by atoms with van der Waals surface area (Å²) in [6.07, 6.45) is -0.339. The van der Waals surface area contributed by atoms with Crippen LogP contribution in [0.15, 0.2) is 35.2 Å². The first kappa shape index (κ1) is 18.8. The highest BCUT2D eigenvalue weighted by Gasteiger charge is 2.29. The molecule has 1 aliphatic rings. The van der Waals surface area contributed by atoms with Gasteiger partial charge in [-0.1, -0.05) is 0 Å². The van der Waals surface area contributed by atoms with Crippen LogP contribution in [-0.2, 0) is 9.59 Å². The average molecular weight is 396 g/mol. The van der Waals surface area contributed by atoms with Crippen molar-refractivity contribution in [2.75, 3.05) is 10.6 Å². The van der Waals surface area contributed by atoms with E-state index >= 15 is 0 Å². The average Bonchev–Trinajstić information content (AvgIpc) is 2.59. The molecule has 0 aromatic heterocycles. The van der Waals surface area contributed by atoms with Crippen molar-refractivity contribution < 1.29 is 32.7 Å². The van der Waals surface area contributed by atoms with E-state index in [1.165, 1.54) is 18.2 Å². The predicted octanol–water partition coefficient (Wildman–Crippen LogP) is 3.24. The van der Waals surface area contributed by atoms with Gasteiger partial charge in [0, 0.05) is 29.1 Å². The maximum atomic E-state index is 13.2. The van der Waals surface area contributed by atoms with Crippen LogP contribution in [0.5, 0.6) is 0 Å². The van der Waals surface area contributed by atoms with Gasteiger partial charge < -0.3 is 15.7 Å². The summed E-state index contributed by atoms with van der Waals surface area (Å²) in [7, 11) is 0. The number of thioether (sulfide) groups is 1. The smallest absolute Gasteiger partial charge is 0.335 e. The van der Waals surface area contributed by atoms with Crippen LogP contribution in [0.25, 0.3) is 0 Å². The van der Waals surface area contributed by atoms with Crippen molar-refractivity contribution in [3.8, 4) is 0 Å². The summed E-state index contributed by atoms with van der Waals surface area (Å²) in [5, 5.41) is 12.9. The summed E-state index contributed by atoms with van der Waals surface area (Å²) < 4.78 is 39.3. The Bertz CT molecular complexity index is 944. The molecule has 2 amide bonds.